The van der Waals surface area contributed by atoms with E-state index >= 15 is 0 Å². The lowest BCUT2D eigenvalue weighted by Crippen LogP contribution is -2.13. The molecule has 0 saturated carbocycles. The van der Waals surface area contributed by atoms with E-state index in [-0.39, 0.29) is 11.4 Å². The fraction of sp³-hybridized carbons (Fsp3) is 0.235. The van der Waals surface area contributed by atoms with E-state index in [4.69, 9.17) is 4.74 Å². The number of nitriles is 1. The summed E-state index contributed by atoms with van der Waals surface area (Å²) in [5, 5.41) is 9.24. The van der Waals surface area contributed by atoms with Crippen LogP contribution in [0, 0.1) is 18.3 Å². The summed E-state index contributed by atoms with van der Waals surface area (Å²) in [4.78, 5) is 12.5. The number of nitrogens with zero attached hydrogens (tertiary/aromatic N) is 1. The van der Waals surface area contributed by atoms with Gasteiger partial charge in [0, 0.05) is 5.57 Å². The van der Waals surface area contributed by atoms with Crippen LogP contribution in [0.15, 0.2) is 46.9 Å². The van der Waals surface area contributed by atoms with Crippen LogP contribution in [0.4, 0.5) is 0 Å². The summed E-state index contributed by atoms with van der Waals surface area (Å²) in [6.45, 7) is 5.84. The molecule has 0 radical (unpaired) electrons. The lowest BCUT2D eigenvalue weighted by Gasteiger charge is -2.16. The van der Waals surface area contributed by atoms with Crippen molar-refractivity contribution in [1.82, 2.24) is 0 Å². The molecule has 0 atom stereocenters. The second-order valence-electron chi connectivity index (χ2n) is 4.52. The predicted octanol–water partition coefficient (Wildman–Crippen LogP) is 3.32. The van der Waals surface area contributed by atoms with Crippen LogP contribution in [-0.4, -0.2) is 12.4 Å². The van der Waals surface area contributed by atoms with Crippen molar-refractivity contribution in [2.45, 2.75) is 20.8 Å². The molecule has 0 bridgehead atoms. The molecular formula is C17H15NO2. The number of carbonyl (C=O) groups is 1. The molecule has 0 unspecified atom stereocenters. The van der Waals surface area contributed by atoms with Crippen LogP contribution in [0.2, 0.25) is 0 Å². The van der Waals surface area contributed by atoms with Crippen molar-refractivity contribution in [1.29, 1.82) is 5.26 Å². The molecule has 0 N–H and O–H groups in total. The van der Waals surface area contributed by atoms with Gasteiger partial charge in [0.1, 0.15) is 11.6 Å². The Labute approximate surface area is 118 Å². The molecule has 1 aliphatic carbocycles. The zero-order chi connectivity index (χ0) is 14.7. The minimum absolute atomic E-state index is 0.137. The molecule has 0 fully saturated rings. The van der Waals surface area contributed by atoms with Crippen LogP contribution in [0.3, 0.4) is 0 Å². The van der Waals surface area contributed by atoms with Crippen molar-refractivity contribution in [2.75, 3.05) is 6.61 Å². The third kappa shape index (κ3) is 2.30. The molecule has 100 valence electrons. The fourth-order valence-electron chi connectivity index (χ4n) is 2.16. The number of allylic oxidation sites excluding steroid dienone is 2. The van der Waals surface area contributed by atoms with Gasteiger partial charge >= 0.3 is 0 Å². The number of ketones is 1. The highest BCUT2D eigenvalue weighted by molar-refractivity contribution is 6.29. The minimum Gasteiger partial charge on any atom is -0.491 e. The Bertz CT molecular complexity index is 711. The molecule has 0 aliphatic heterocycles. The van der Waals surface area contributed by atoms with Gasteiger partial charge in [0.2, 0.25) is 5.78 Å². The van der Waals surface area contributed by atoms with E-state index < -0.39 is 0 Å². The Kier molecular flexibility index (Phi) is 3.89. The maximum absolute atomic E-state index is 12.5. The first-order valence-corrected chi connectivity index (χ1v) is 6.45. The first-order valence-electron chi connectivity index (χ1n) is 6.45. The third-order valence-electron chi connectivity index (χ3n) is 3.20. The quantitative estimate of drug-likeness (QED) is 0.788. The van der Waals surface area contributed by atoms with E-state index in [1.807, 2.05) is 38.1 Å². The molecule has 3 nitrogen and oxygen atoms in total. The van der Waals surface area contributed by atoms with E-state index in [0.717, 1.165) is 11.1 Å². The van der Waals surface area contributed by atoms with Gasteiger partial charge in [0.05, 0.1) is 12.2 Å². The van der Waals surface area contributed by atoms with Gasteiger partial charge in [0.25, 0.3) is 0 Å². The van der Waals surface area contributed by atoms with Gasteiger partial charge in [-0.25, -0.2) is 0 Å². The summed E-state index contributed by atoms with van der Waals surface area (Å²) in [6.07, 6.45) is 0. The highest BCUT2D eigenvalue weighted by atomic mass is 16.5. The van der Waals surface area contributed by atoms with Crippen molar-refractivity contribution >= 4 is 11.4 Å². The van der Waals surface area contributed by atoms with E-state index in [1.54, 1.807) is 6.92 Å². The Hall–Kier alpha value is -2.56. The van der Waals surface area contributed by atoms with Gasteiger partial charge < -0.3 is 4.74 Å². The van der Waals surface area contributed by atoms with Crippen molar-refractivity contribution in [3.63, 3.8) is 0 Å². The van der Waals surface area contributed by atoms with Crippen LogP contribution in [0.25, 0.3) is 5.57 Å². The number of ether oxygens (including phenoxy) is 1. The molecular weight excluding hydrogens is 250 g/mol. The summed E-state index contributed by atoms with van der Waals surface area (Å²) in [6, 6.07) is 9.64. The van der Waals surface area contributed by atoms with Gasteiger partial charge in [-0.3, -0.25) is 4.79 Å². The predicted molar refractivity (Wildman–Crippen MR) is 76.6 cm³/mol. The molecule has 1 aliphatic rings. The largest absolute Gasteiger partial charge is 0.491 e. The maximum Gasteiger partial charge on any atom is 0.200 e. The van der Waals surface area contributed by atoms with E-state index in [1.165, 1.54) is 0 Å². The molecule has 20 heavy (non-hydrogen) atoms. The highest BCUT2D eigenvalue weighted by Crippen LogP contribution is 2.29. The number of Topliss-reactive ketones (excluding diaryl/α,β-unsaturated/α-hetero) is 1. The summed E-state index contributed by atoms with van der Waals surface area (Å²) in [5.74, 6) is 0.207. The number of carbonyl (C=O) groups excluding carboxylic acids is 1. The molecule has 0 saturated heterocycles. The smallest absolute Gasteiger partial charge is 0.200 e. The Morgan fingerprint density at radius 1 is 1.30 bits per heavy atom. The standard InChI is InChI=1S/C17H15NO2/c1-4-20-17-12(3)16(19)15(9-13(17)10-18)14-8-6-5-7-11(14)2/h5-8H,4H2,1-3H3. The lowest BCUT2D eigenvalue weighted by atomic mass is 9.89. The summed E-state index contributed by atoms with van der Waals surface area (Å²) in [7, 11) is 0. The van der Waals surface area contributed by atoms with Gasteiger partial charge in [-0.05, 0) is 31.9 Å². The van der Waals surface area contributed by atoms with E-state index in [0.29, 0.717) is 23.5 Å². The number of aryl methyl sites for hydroxylation is 1. The molecule has 0 heterocycles. The molecule has 1 aromatic carbocycles. The van der Waals surface area contributed by atoms with Crippen LogP contribution in [0.5, 0.6) is 0 Å². The lowest BCUT2D eigenvalue weighted by molar-refractivity contribution is -0.110. The number of hydrogen-bond acceptors (Lipinski definition) is 3. The second kappa shape index (κ2) is 5.61. The summed E-state index contributed by atoms with van der Waals surface area (Å²) in [5.41, 5.74) is 5.87. The topological polar surface area (TPSA) is 50.1 Å². The molecule has 3 heteroatoms. The molecule has 2 rings (SSSR count). The van der Waals surface area contributed by atoms with Crippen LogP contribution in [0.1, 0.15) is 25.0 Å². The average molecular weight is 265 g/mol. The zero-order valence-electron chi connectivity index (χ0n) is 11.8. The van der Waals surface area contributed by atoms with Crippen molar-refractivity contribution in [2.24, 2.45) is 0 Å². The Balaban J connectivity index is 2.68. The normalized spacial score (nSPS) is 14.6. The molecule has 0 amide bonds. The third-order valence-corrected chi connectivity index (χ3v) is 3.20. The van der Waals surface area contributed by atoms with Crippen molar-refractivity contribution in [3.8, 4) is 6.07 Å². The number of rotatable bonds is 3. The first-order chi connectivity index (χ1) is 9.60. The van der Waals surface area contributed by atoms with Crippen molar-refractivity contribution in [3.05, 3.63) is 58.0 Å². The first kappa shape index (κ1) is 13.9. The SMILES string of the molecule is CCOC1=C(C)C(=O)C(c2ccccc2C)=C=C1C#N. The second-order valence-corrected chi connectivity index (χ2v) is 4.52. The van der Waals surface area contributed by atoms with E-state index in [9.17, 15) is 10.1 Å². The van der Waals surface area contributed by atoms with Crippen LogP contribution < -0.4 is 0 Å². The van der Waals surface area contributed by atoms with Gasteiger partial charge in [-0.15, -0.1) is 0 Å². The minimum atomic E-state index is -0.137. The molecule has 0 spiro atoms. The monoisotopic (exact) mass is 265 g/mol. The van der Waals surface area contributed by atoms with Crippen molar-refractivity contribution < 1.29 is 9.53 Å². The summed E-state index contributed by atoms with van der Waals surface area (Å²) < 4.78 is 5.41. The van der Waals surface area contributed by atoms with Gasteiger partial charge in [-0.2, -0.15) is 5.26 Å². The Morgan fingerprint density at radius 2 is 2.00 bits per heavy atom. The van der Waals surface area contributed by atoms with Crippen LogP contribution in [-0.2, 0) is 9.53 Å². The van der Waals surface area contributed by atoms with E-state index in [2.05, 4.69) is 11.8 Å². The fourth-order valence-corrected chi connectivity index (χ4v) is 2.16. The zero-order valence-corrected chi connectivity index (χ0v) is 11.8. The molecule has 0 aromatic heterocycles. The van der Waals surface area contributed by atoms with Crippen LogP contribution >= 0.6 is 0 Å². The maximum atomic E-state index is 12.5. The average Bonchev–Trinajstić information content (AvgIpc) is 2.45. The highest BCUT2D eigenvalue weighted by Gasteiger charge is 2.25. The van der Waals surface area contributed by atoms with Gasteiger partial charge in [-0.1, -0.05) is 30.0 Å². The Morgan fingerprint density at radius 3 is 2.60 bits per heavy atom. The van der Waals surface area contributed by atoms with Gasteiger partial charge in [0.15, 0.2) is 5.76 Å². The summed E-state index contributed by atoms with van der Waals surface area (Å²) >= 11 is 0. The molecule has 1 aromatic rings. The number of benzene rings is 1. The number of hydrogen-bond donors (Lipinski definition) is 0.